The summed E-state index contributed by atoms with van der Waals surface area (Å²) in [6.45, 7) is 0. The van der Waals surface area contributed by atoms with Crippen molar-refractivity contribution in [1.82, 2.24) is 9.97 Å². The van der Waals surface area contributed by atoms with Crippen LogP contribution in [0.1, 0.15) is 0 Å². The number of para-hydroxylation sites is 2. The van der Waals surface area contributed by atoms with Gasteiger partial charge in [0.05, 0.1) is 21.8 Å². The number of hydrogen-bond acceptors (Lipinski definition) is 4. The molecule has 6 nitrogen and oxygen atoms in total. The van der Waals surface area contributed by atoms with Crippen LogP contribution in [0.15, 0.2) is 82.4 Å². The van der Waals surface area contributed by atoms with Gasteiger partial charge in [-0.25, -0.2) is 0 Å². The van der Waals surface area contributed by atoms with E-state index in [1.165, 1.54) is 0 Å². The summed E-state index contributed by atoms with van der Waals surface area (Å²) in [5, 5.41) is 25.6. The summed E-state index contributed by atoms with van der Waals surface area (Å²) in [5.41, 5.74) is 1.71. The van der Waals surface area contributed by atoms with E-state index < -0.39 is 0 Å². The first-order valence-corrected chi connectivity index (χ1v) is 10.8. The fourth-order valence-corrected chi connectivity index (χ4v) is 5.14. The molecule has 4 N–H and O–H groups in total. The lowest BCUT2D eigenvalue weighted by molar-refractivity contribution is 0.486. The highest BCUT2D eigenvalue weighted by atomic mass is 16.3. The van der Waals surface area contributed by atoms with E-state index in [2.05, 4.69) is 9.97 Å². The monoisotopic (exact) mass is 444 g/mol. The lowest BCUT2D eigenvalue weighted by Gasteiger charge is -2.13. The largest absolute Gasteiger partial charge is 0.507 e. The van der Waals surface area contributed by atoms with Gasteiger partial charge in [0.15, 0.2) is 10.9 Å². The Bertz CT molecular complexity index is 2140. The van der Waals surface area contributed by atoms with E-state index in [4.69, 9.17) is 0 Å². The van der Waals surface area contributed by atoms with Crippen LogP contribution in [0.4, 0.5) is 0 Å². The van der Waals surface area contributed by atoms with Gasteiger partial charge in [0.25, 0.3) is 0 Å². The number of nitrogens with one attached hydrogen (secondary N) is 2. The molecule has 0 aliphatic heterocycles. The normalized spacial score (nSPS) is 12.0. The summed E-state index contributed by atoms with van der Waals surface area (Å²) in [6.07, 6.45) is 0. The zero-order chi connectivity index (χ0) is 23.1. The summed E-state index contributed by atoms with van der Waals surface area (Å²) in [7, 11) is 0. The number of pyridine rings is 2. The number of phenolic OH excluding ortho intramolecular Hbond substituents is 1. The molecule has 0 saturated heterocycles. The van der Waals surface area contributed by atoms with E-state index in [0.29, 0.717) is 54.4 Å². The first-order chi connectivity index (χ1) is 16.5. The molecule has 7 rings (SSSR count). The van der Waals surface area contributed by atoms with Crippen LogP contribution in [0.2, 0.25) is 0 Å². The maximum Gasteiger partial charge on any atom is 0.197 e. The van der Waals surface area contributed by atoms with Crippen LogP contribution in [-0.4, -0.2) is 20.2 Å². The van der Waals surface area contributed by atoms with Crippen LogP contribution in [0.3, 0.4) is 0 Å². The van der Waals surface area contributed by atoms with E-state index in [1.807, 2.05) is 24.3 Å². The van der Waals surface area contributed by atoms with Crippen molar-refractivity contribution in [3.63, 3.8) is 0 Å². The molecule has 0 spiro atoms. The van der Waals surface area contributed by atoms with Crippen molar-refractivity contribution in [1.29, 1.82) is 0 Å². The summed E-state index contributed by atoms with van der Waals surface area (Å²) >= 11 is 0. The number of aromatic amines is 2. The van der Waals surface area contributed by atoms with E-state index in [-0.39, 0.29) is 33.1 Å². The molecule has 0 aliphatic rings. The molecule has 34 heavy (non-hydrogen) atoms. The van der Waals surface area contributed by atoms with Crippen molar-refractivity contribution in [2.24, 2.45) is 0 Å². The van der Waals surface area contributed by atoms with Gasteiger partial charge >= 0.3 is 0 Å². The Balaban J connectivity index is 1.74. The molecule has 0 atom stereocenters. The van der Waals surface area contributed by atoms with Gasteiger partial charge in [0.2, 0.25) is 0 Å². The third-order valence-corrected chi connectivity index (χ3v) is 6.75. The van der Waals surface area contributed by atoms with Crippen LogP contribution in [0, 0.1) is 0 Å². The molecular weight excluding hydrogens is 428 g/mol. The lowest BCUT2D eigenvalue weighted by atomic mass is 9.96. The molecule has 162 valence electrons. The van der Waals surface area contributed by atoms with Gasteiger partial charge in [-0.1, -0.05) is 24.3 Å². The van der Waals surface area contributed by atoms with Gasteiger partial charge in [-0.3, -0.25) is 9.59 Å². The minimum atomic E-state index is -0.296. The highest BCUT2D eigenvalue weighted by Gasteiger charge is 2.20. The molecule has 6 heteroatoms. The Hall–Kier alpha value is -4.84. The summed E-state index contributed by atoms with van der Waals surface area (Å²) < 4.78 is 0. The minimum absolute atomic E-state index is 0.0690. The second-order valence-corrected chi connectivity index (χ2v) is 8.52. The maximum atomic E-state index is 13.8. The number of hydrogen-bond donors (Lipinski definition) is 4. The second kappa shape index (κ2) is 6.36. The molecule has 0 bridgehead atoms. The highest BCUT2D eigenvalue weighted by Crippen LogP contribution is 2.40. The SMILES string of the molecule is O=c1c2ccccc2[nH]c2c1ccc1c(=O)c3c(ccc4c(O)c5ccccc5[nH]c43)c(O)c12. The molecule has 2 aromatic heterocycles. The molecule has 0 unspecified atom stereocenters. The maximum absolute atomic E-state index is 13.8. The van der Waals surface area contributed by atoms with Crippen LogP contribution in [-0.2, 0) is 0 Å². The Labute approximate surface area is 190 Å². The number of aromatic hydroxyl groups is 2. The quantitative estimate of drug-likeness (QED) is 0.186. The van der Waals surface area contributed by atoms with E-state index >= 15 is 0 Å². The molecule has 0 radical (unpaired) electrons. The molecule has 0 amide bonds. The second-order valence-electron chi connectivity index (χ2n) is 8.52. The van der Waals surface area contributed by atoms with E-state index in [1.54, 1.807) is 48.5 Å². The van der Waals surface area contributed by atoms with E-state index in [0.717, 1.165) is 0 Å². The molecular formula is C28H16N2O4. The molecule has 7 aromatic rings. The Morgan fingerprint density at radius 2 is 1.03 bits per heavy atom. The summed E-state index contributed by atoms with van der Waals surface area (Å²) in [4.78, 5) is 33.4. The van der Waals surface area contributed by atoms with Gasteiger partial charge in [-0.05, 0) is 48.5 Å². The molecule has 0 fully saturated rings. The third-order valence-electron chi connectivity index (χ3n) is 6.75. The first kappa shape index (κ1) is 18.7. The van der Waals surface area contributed by atoms with Crippen LogP contribution in [0.5, 0.6) is 11.5 Å². The smallest absolute Gasteiger partial charge is 0.197 e. The van der Waals surface area contributed by atoms with Gasteiger partial charge in [0.1, 0.15) is 11.5 Å². The average molecular weight is 444 g/mol. The van der Waals surface area contributed by atoms with Crippen LogP contribution < -0.4 is 10.9 Å². The van der Waals surface area contributed by atoms with Gasteiger partial charge in [0, 0.05) is 43.4 Å². The zero-order valence-electron chi connectivity index (χ0n) is 17.6. The fraction of sp³-hybridized carbons (Fsp3) is 0. The number of rotatable bonds is 0. The number of H-pyrrole nitrogens is 2. The van der Waals surface area contributed by atoms with Gasteiger partial charge in [-0.15, -0.1) is 0 Å². The third kappa shape index (κ3) is 2.24. The van der Waals surface area contributed by atoms with E-state index in [9.17, 15) is 19.8 Å². The standard InChI is InChI=1S/C28H16N2O4/c31-25-13-5-1-3-7-19(13)29-23-17(25)11-9-15-21(23)27(33)16-10-12-18-24(22(16)28(15)34)30-20-8-4-2-6-14(20)26(18)32/h1-12,29,31,34H,(H,30,32). The Morgan fingerprint density at radius 3 is 1.79 bits per heavy atom. The summed E-state index contributed by atoms with van der Waals surface area (Å²) in [5.74, 6) is -0.0244. The number of aromatic nitrogens is 2. The van der Waals surface area contributed by atoms with Crippen molar-refractivity contribution in [3.05, 3.63) is 93.2 Å². The van der Waals surface area contributed by atoms with Crippen molar-refractivity contribution in [3.8, 4) is 11.5 Å². The predicted octanol–water partition coefficient (Wildman–Crippen LogP) is 5.39. The van der Waals surface area contributed by atoms with Gasteiger partial charge < -0.3 is 20.2 Å². The number of fused-ring (bicyclic) bond motifs is 8. The minimum Gasteiger partial charge on any atom is -0.507 e. The van der Waals surface area contributed by atoms with Crippen molar-refractivity contribution < 1.29 is 10.2 Å². The van der Waals surface area contributed by atoms with Crippen molar-refractivity contribution in [2.45, 2.75) is 0 Å². The first-order valence-electron chi connectivity index (χ1n) is 10.8. The number of benzene rings is 5. The number of phenols is 1. The highest BCUT2D eigenvalue weighted by molar-refractivity contribution is 6.21. The molecule has 0 saturated carbocycles. The van der Waals surface area contributed by atoms with Crippen LogP contribution in [0.25, 0.3) is 65.2 Å². The summed E-state index contributed by atoms with van der Waals surface area (Å²) in [6, 6.07) is 21.0. The van der Waals surface area contributed by atoms with Crippen molar-refractivity contribution >= 4 is 65.2 Å². The lowest BCUT2D eigenvalue weighted by Crippen LogP contribution is -2.08. The fourth-order valence-electron chi connectivity index (χ4n) is 5.14. The topological polar surface area (TPSA) is 106 Å². The molecule has 5 aromatic carbocycles. The van der Waals surface area contributed by atoms with Gasteiger partial charge in [-0.2, -0.15) is 0 Å². The Kier molecular flexibility index (Phi) is 3.50. The molecule has 2 heterocycles. The molecule has 0 aliphatic carbocycles. The van der Waals surface area contributed by atoms with Crippen LogP contribution >= 0.6 is 0 Å². The average Bonchev–Trinajstić information content (AvgIpc) is 2.86. The van der Waals surface area contributed by atoms with Crippen molar-refractivity contribution in [2.75, 3.05) is 0 Å². The zero-order valence-corrected chi connectivity index (χ0v) is 17.6. The predicted molar refractivity (Wildman–Crippen MR) is 136 cm³/mol. The Morgan fingerprint density at radius 1 is 0.471 bits per heavy atom.